The van der Waals surface area contributed by atoms with Gasteiger partial charge >= 0.3 is 12.0 Å². The summed E-state index contributed by atoms with van der Waals surface area (Å²) in [5, 5.41) is 20.1. The molecule has 0 aromatic rings. The van der Waals surface area contributed by atoms with E-state index in [1.54, 1.807) is 0 Å². The van der Waals surface area contributed by atoms with E-state index in [0.717, 1.165) is 0 Å². The van der Waals surface area contributed by atoms with E-state index in [4.69, 9.17) is 20.7 Å². The molecular weight excluding hydrogens is 270 g/mol. The summed E-state index contributed by atoms with van der Waals surface area (Å²) in [6, 6.07) is -1.85. The first-order valence-electron chi connectivity index (χ1n) is 6.08. The van der Waals surface area contributed by atoms with Crippen molar-refractivity contribution in [2.75, 3.05) is 33.4 Å². The number of hydrogen-bond donors (Lipinski definition) is 4. The number of carboxylic acid groups (broad SMARTS) is 1. The van der Waals surface area contributed by atoms with Crippen molar-refractivity contribution < 1.29 is 29.3 Å². The summed E-state index contributed by atoms with van der Waals surface area (Å²) in [5.41, 5.74) is 4.94. The molecule has 0 heterocycles. The Morgan fingerprint density at radius 1 is 1.35 bits per heavy atom. The number of aliphatic hydroxyl groups excluding tert-OH is 1. The lowest BCUT2D eigenvalue weighted by Gasteiger charge is -2.24. The summed E-state index contributed by atoms with van der Waals surface area (Å²) in [4.78, 5) is 34.7. The molecule has 9 nitrogen and oxygen atoms in total. The topological polar surface area (TPSA) is 142 Å². The Balaban J connectivity index is 4.52. The molecule has 0 aliphatic heterocycles. The van der Waals surface area contributed by atoms with Gasteiger partial charge < -0.3 is 30.9 Å². The van der Waals surface area contributed by atoms with E-state index in [9.17, 15) is 14.4 Å². The van der Waals surface area contributed by atoms with E-state index in [-0.39, 0.29) is 39.1 Å². The molecular formula is C11H21N3O6. The zero-order valence-corrected chi connectivity index (χ0v) is 11.4. The van der Waals surface area contributed by atoms with Crippen molar-refractivity contribution >= 4 is 17.9 Å². The monoisotopic (exact) mass is 291 g/mol. The molecule has 0 aliphatic carbocycles. The minimum absolute atomic E-state index is 0.0529. The second kappa shape index (κ2) is 9.98. The first-order chi connectivity index (χ1) is 9.42. The second-order valence-corrected chi connectivity index (χ2v) is 4.05. The number of methoxy groups -OCH3 is 1. The number of nitrogens with one attached hydrogen (secondary N) is 1. The molecule has 0 unspecified atom stereocenters. The lowest BCUT2D eigenvalue weighted by atomic mass is 10.1. The van der Waals surface area contributed by atoms with Crippen LogP contribution in [-0.2, 0) is 14.3 Å². The summed E-state index contributed by atoms with van der Waals surface area (Å²) in [6.07, 6.45) is -0.233. The number of rotatable bonds is 10. The lowest BCUT2D eigenvalue weighted by molar-refractivity contribution is -0.139. The number of carboxylic acids is 1. The molecule has 116 valence electrons. The summed E-state index contributed by atoms with van der Waals surface area (Å²) in [7, 11) is 1.46. The van der Waals surface area contributed by atoms with Crippen LogP contribution in [0.3, 0.4) is 0 Å². The van der Waals surface area contributed by atoms with Gasteiger partial charge in [0.1, 0.15) is 6.04 Å². The van der Waals surface area contributed by atoms with Crippen LogP contribution < -0.4 is 11.1 Å². The Morgan fingerprint density at radius 3 is 2.45 bits per heavy atom. The van der Waals surface area contributed by atoms with Gasteiger partial charge in [-0.2, -0.15) is 0 Å². The molecule has 0 radical (unpaired) electrons. The molecule has 0 aromatic carbocycles. The van der Waals surface area contributed by atoms with E-state index < -0.39 is 23.9 Å². The Hall–Kier alpha value is -1.87. The molecule has 0 saturated carbocycles. The fourth-order valence-electron chi connectivity index (χ4n) is 1.42. The number of aliphatic hydroxyl groups is 1. The molecule has 0 rings (SSSR count). The molecule has 1 atom stereocenters. The van der Waals surface area contributed by atoms with Crippen molar-refractivity contribution in [1.82, 2.24) is 10.2 Å². The minimum Gasteiger partial charge on any atom is -0.480 e. The van der Waals surface area contributed by atoms with E-state index in [2.05, 4.69) is 5.32 Å². The van der Waals surface area contributed by atoms with Gasteiger partial charge in [0, 0.05) is 26.6 Å². The predicted octanol–water partition coefficient (Wildman–Crippen LogP) is -1.64. The Labute approximate surface area is 116 Å². The van der Waals surface area contributed by atoms with Crippen LogP contribution in [0.4, 0.5) is 4.79 Å². The van der Waals surface area contributed by atoms with Gasteiger partial charge in [-0.25, -0.2) is 9.59 Å². The quantitative estimate of drug-likeness (QED) is 0.380. The maximum absolute atomic E-state index is 11.9. The number of urea groups is 1. The van der Waals surface area contributed by atoms with Gasteiger partial charge in [-0.3, -0.25) is 4.79 Å². The van der Waals surface area contributed by atoms with Crippen molar-refractivity contribution in [3.63, 3.8) is 0 Å². The minimum atomic E-state index is -1.25. The van der Waals surface area contributed by atoms with Gasteiger partial charge in [0.25, 0.3) is 0 Å². The number of carbonyl (C=O) groups is 3. The van der Waals surface area contributed by atoms with E-state index in [1.165, 1.54) is 12.0 Å². The normalized spacial score (nSPS) is 11.7. The highest BCUT2D eigenvalue weighted by molar-refractivity contribution is 5.83. The maximum atomic E-state index is 11.9. The maximum Gasteiger partial charge on any atom is 0.326 e. The Morgan fingerprint density at radius 2 is 2.00 bits per heavy atom. The first-order valence-corrected chi connectivity index (χ1v) is 6.08. The molecule has 0 bridgehead atoms. The average molecular weight is 291 g/mol. The number of carbonyl (C=O) groups excluding carboxylic acids is 2. The van der Waals surface area contributed by atoms with Crippen LogP contribution in [0, 0.1) is 0 Å². The first kappa shape index (κ1) is 18.1. The van der Waals surface area contributed by atoms with Gasteiger partial charge in [-0.15, -0.1) is 0 Å². The third-order valence-electron chi connectivity index (χ3n) is 2.50. The van der Waals surface area contributed by atoms with Crippen LogP contribution in [-0.4, -0.2) is 72.5 Å². The molecule has 0 fully saturated rings. The number of nitrogens with zero attached hydrogens (tertiary/aromatic N) is 1. The number of ether oxygens (including phenoxy) is 1. The molecule has 0 saturated heterocycles. The van der Waals surface area contributed by atoms with Crippen LogP contribution in [0.5, 0.6) is 0 Å². The third kappa shape index (κ3) is 7.54. The summed E-state index contributed by atoms with van der Waals surface area (Å²) in [6.45, 7) is 0.269. The predicted molar refractivity (Wildman–Crippen MR) is 68.9 cm³/mol. The van der Waals surface area contributed by atoms with Gasteiger partial charge in [-0.1, -0.05) is 0 Å². The highest BCUT2D eigenvalue weighted by Crippen LogP contribution is 2.00. The number of primary amides is 1. The van der Waals surface area contributed by atoms with Gasteiger partial charge in [-0.05, 0) is 6.42 Å². The fraction of sp³-hybridized carbons (Fsp3) is 0.727. The number of hydrogen-bond acceptors (Lipinski definition) is 5. The van der Waals surface area contributed by atoms with Gasteiger partial charge in [0.2, 0.25) is 5.91 Å². The molecule has 0 aliphatic rings. The molecule has 0 aromatic heterocycles. The lowest BCUT2D eigenvalue weighted by Crippen LogP contribution is -2.49. The molecule has 3 amide bonds. The molecule has 9 heteroatoms. The van der Waals surface area contributed by atoms with Crippen LogP contribution in [0.1, 0.15) is 12.8 Å². The van der Waals surface area contributed by atoms with Gasteiger partial charge in [0.15, 0.2) is 0 Å². The zero-order chi connectivity index (χ0) is 15.5. The van der Waals surface area contributed by atoms with Crippen molar-refractivity contribution in [2.45, 2.75) is 18.9 Å². The highest BCUT2D eigenvalue weighted by Gasteiger charge is 2.23. The van der Waals surface area contributed by atoms with E-state index in [1.807, 2.05) is 0 Å². The summed E-state index contributed by atoms with van der Waals surface area (Å²) < 4.78 is 4.82. The summed E-state index contributed by atoms with van der Waals surface area (Å²) >= 11 is 0. The Kier molecular flexibility index (Phi) is 9.05. The largest absolute Gasteiger partial charge is 0.480 e. The van der Waals surface area contributed by atoms with Gasteiger partial charge in [0.05, 0.1) is 13.2 Å². The van der Waals surface area contributed by atoms with Crippen molar-refractivity contribution in [2.24, 2.45) is 5.73 Å². The SMILES string of the molecule is COCCN(CCO)C(=O)N[C@H](CCC(N)=O)C(=O)O. The molecule has 5 N–H and O–H groups in total. The Bertz CT molecular complexity index is 336. The number of aliphatic carboxylic acids is 1. The second-order valence-electron chi connectivity index (χ2n) is 4.05. The molecule has 20 heavy (non-hydrogen) atoms. The smallest absolute Gasteiger partial charge is 0.326 e. The van der Waals surface area contributed by atoms with Crippen LogP contribution in [0.15, 0.2) is 0 Å². The fourth-order valence-corrected chi connectivity index (χ4v) is 1.42. The van der Waals surface area contributed by atoms with Crippen LogP contribution >= 0.6 is 0 Å². The van der Waals surface area contributed by atoms with Crippen molar-refractivity contribution in [3.8, 4) is 0 Å². The van der Waals surface area contributed by atoms with Crippen molar-refractivity contribution in [1.29, 1.82) is 0 Å². The summed E-state index contributed by atoms with van der Waals surface area (Å²) in [5.74, 6) is -1.90. The van der Waals surface area contributed by atoms with Crippen molar-refractivity contribution in [3.05, 3.63) is 0 Å². The highest BCUT2D eigenvalue weighted by atomic mass is 16.5. The number of amides is 3. The van der Waals surface area contributed by atoms with Crippen LogP contribution in [0.25, 0.3) is 0 Å². The zero-order valence-electron chi connectivity index (χ0n) is 11.4. The third-order valence-corrected chi connectivity index (χ3v) is 2.50. The average Bonchev–Trinajstić information content (AvgIpc) is 2.38. The van der Waals surface area contributed by atoms with E-state index >= 15 is 0 Å². The number of nitrogens with two attached hydrogens (primary N) is 1. The van der Waals surface area contributed by atoms with E-state index in [0.29, 0.717) is 0 Å². The molecule has 0 spiro atoms. The standard InChI is InChI=1S/C11H21N3O6/c1-20-7-5-14(4-6-15)11(19)13-8(10(17)18)2-3-9(12)16/h8,15H,2-7H2,1H3,(H2,12,16)(H,13,19)(H,17,18)/t8-/m1/s1. The van der Waals surface area contributed by atoms with Crippen LogP contribution in [0.2, 0.25) is 0 Å².